The van der Waals surface area contributed by atoms with E-state index in [1.165, 1.54) is 9.79 Å². The van der Waals surface area contributed by atoms with Crippen molar-refractivity contribution in [3.63, 3.8) is 0 Å². The van der Waals surface area contributed by atoms with Crippen LogP contribution < -0.4 is 0 Å². The maximum Gasteiger partial charge on any atom is 0.0837 e. The summed E-state index contributed by atoms with van der Waals surface area (Å²) in [5, 5.41) is 15.1. The second-order valence-electron chi connectivity index (χ2n) is 2.57. The first-order chi connectivity index (χ1) is 7.24. The SMILES string of the molecule is CN(N=O)PCOCCN(CCO)N=O. The van der Waals surface area contributed by atoms with Crippen LogP contribution in [0.2, 0.25) is 0 Å². The Kier molecular flexibility index (Phi) is 9.15. The standard InChI is InChI=1S/C6H15N4O4P/c1-9(7-12)15-6-14-5-3-10(8-13)2-4-11/h11,15H,2-6H2,1H3. The van der Waals surface area contributed by atoms with Crippen molar-refractivity contribution >= 4 is 8.73 Å². The van der Waals surface area contributed by atoms with Gasteiger partial charge in [0.25, 0.3) is 0 Å². The van der Waals surface area contributed by atoms with E-state index in [9.17, 15) is 9.81 Å². The summed E-state index contributed by atoms with van der Waals surface area (Å²) in [4.78, 5) is 20.1. The molecule has 1 N–H and O–H groups in total. The second-order valence-corrected chi connectivity index (χ2v) is 3.83. The summed E-state index contributed by atoms with van der Waals surface area (Å²) < 4.78 is 6.37. The molecular formula is C6H15N4O4P. The maximum absolute atomic E-state index is 10.2. The molecule has 0 spiro atoms. The third-order valence-corrected chi connectivity index (χ3v) is 2.36. The van der Waals surface area contributed by atoms with E-state index in [0.29, 0.717) is 19.5 Å². The van der Waals surface area contributed by atoms with Crippen LogP contribution in [-0.4, -0.2) is 54.6 Å². The number of aliphatic hydroxyl groups is 1. The Hall–Kier alpha value is -0.850. The number of nitrogens with zero attached hydrogens (tertiary/aromatic N) is 4. The molecule has 0 aliphatic carbocycles. The smallest absolute Gasteiger partial charge is 0.0837 e. The molecule has 1 unspecified atom stereocenters. The van der Waals surface area contributed by atoms with Gasteiger partial charge < -0.3 is 9.84 Å². The van der Waals surface area contributed by atoms with Gasteiger partial charge in [0.2, 0.25) is 0 Å². The zero-order valence-electron chi connectivity index (χ0n) is 8.50. The highest BCUT2D eigenvalue weighted by Crippen LogP contribution is 2.14. The van der Waals surface area contributed by atoms with Crippen LogP contribution in [0.4, 0.5) is 0 Å². The molecule has 0 fully saturated rings. The zero-order chi connectivity index (χ0) is 11.5. The van der Waals surface area contributed by atoms with Gasteiger partial charge in [0.1, 0.15) is 0 Å². The van der Waals surface area contributed by atoms with E-state index in [1.54, 1.807) is 7.05 Å². The summed E-state index contributed by atoms with van der Waals surface area (Å²) in [6, 6.07) is 0. The third kappa shape index (κ3) is 8.17. The molecule has 0 heterocycles. The monoisotopic (exact) mass is 238 g/mol. The lowest BCUT2D eigenvalue weighted by Gasteiger charge is -2.14. The van der Waals surface area contributed by atoms with Crippen molar-refractivity contribution in [2.24, 2.45) is 10.6 Å². The topological polar surface area (TPSA) is 94.8 Å². The van der Waals surface area contributed by atoms with E-state index < -0.39 is 0 Å². The minimum Gasteiger partial charge on any atom is -0.394 e. The largest absolute Gasteiger partial charge is 0.394 e. The number of aliphatic hydroxyl groups excluding tert-OH is 1. The molecule has 1 atom stereocenters. The fourth-order valence-corrected chi connectivity index (χ4v) is 1.20. The van der Waals surface area contributed by atoms with Crippen LogP contribution in [0, 0.1) is 9.81 Å². The average Bonchev–Trinajstić information content (AvgIpc) is 2.26. The van der Waals surface area contributed by atoms with E-state index in [4.69, 9.17) is 9.84 Å². The van der Waals surface area contributed by atoms with Gasteiger partial charge in [-0.3, -0.25) is 5.01 Å². The highest BCUT2D eigenvalue weighted by Gasteiger charge is 2.01. The molecule has 0 aromatic heterocycles. The number of hydrogen-bond donors (Lipinski definition) is 1. The van der Waals surface area contributed by atoms with Crippen molar-refractivity contribution in [1.29, 1.82) is 0 Å². The van der Waals surface area contributed by atoms with Crippen molar-refractivity contribution in [2.45, 2.75) is 0 Å². The average molecular weight is 238 g/mol. The van der Waals surface area contributed by atoms with Crippen LogP contribution in [0.15, 0.2) is 10.6 Å². The van der Waals surface area contributed by atoms with Gasteiger partial charge in [-0.05, 0) is 0 Å². The molecule has 0 saturated heterocycles. The molecule has 0 amide bonds. The third-order valence-electron chi connectivity index (χ3n) is 1.49. The van der Waals surface area contributed by atoms with E-state index in [0.717, 1.165) is 0 Å². The quantitative estimate of drug-likeness (QED) is 0.252. The van der Waals surface area contributed by atoms with E-state index in [2.05, 4.69) is 10.6 Å². The van der Waals surface area contributed by atoms with Gasteiger partial charge in [0, 0.05) is 15.8 Å². The highest BCUT2D eigenvalue weighted by atomic mass is 31.1. The molecule has 8 nitrogen and oxygen atoms in total. The van der Waals surface area contributed by atoms with Crippen LogP contribution in [0.3, 0.4) is 0 Å². The lowest BCUT2D eigenvalue weighted by atomic mass is 10.6. The number of nitroso groups, excluding NO2 is 2. The van der Waals surface area contributed by atoms with Gasteiger partial charge in [0.05, 0.1) is 43.2 Å². The summed E-state index contributed by atoms with van der Waals surface area (Å²) in [6.45, 7) is 0.731. The van der Waals surface area contributed by atoms with Crippen molar-refractivity contribution in [3.8, 4) is 0 Å². The molecule has 0 aliphatic heterocycles. The fraction of sp³-hybridized carbons (Fsp3) is 1.00. The minimum absolute atomic E-state index is 0.120. The maximum atomic E-state index is 10.2. The van der Waals surface area contributed by atoms with E-state index >= 15 is 0 Å². The minimum atomic E-state index is -0.120. The van der Waals surface area contributed by atoms with Crippen molar-refractivity contribution in [2.75, 3.05) is 39.7 Å². The van der Waals surface area contributed by atoms with Crippen molar-refractivity contribution < 1.29 is 9.84 Å². The van der Waals surface area contributed by atoms with Crippen LogP contribution in [0.1, 0.15) is 0 Å². The summed E-state index contributed by atoms with van der Waals surface area (Å²) in [5.41, 5.74) is 0. The van der Waals surface area contributed by atoms with E-state index in [1.807, 2.05) is 0 Å². The lowest BCUT2D eigenvalue weighted by molar-refractivity contribution is 0.122. The summed E-state index contributed by atoms with van der Waals surface area (Å²) in [7, 11) is 1.72. The number of rotatable bonds is 10. The Morgan fingerprint density at radius 3 is 2.60 bits per heavy atom. The molecular weight excluding hydrogens is 223 g/mol. The van der Waals surface area contributed by atoms with Crippen LogP contribution >= 0.6 is 8.73 Å². The molecule has 9 heteroatoms. The molecule has 15 heavy (non-hydrogen) atoms. The van der Waals surface area contributed by atoms with Crippen LogP contribution in [0.25, 0.3) is 0 Å². The first-order valence-corrected chi connectivity index (χ1v) is 5.47. The molecule has 0 aromatic rings. The summed E-state index contributed by atoms with van der Waals surface area (Å²) in [6.07, 6.45) is 0.383. The molecule has 0 aromatic carbocycles. The fourth-order valence-electron chi connectivity index (χ4n) is 0.719. The molecule has 0 aliphatic rings. The zero-order valence-corrected chi connectivity index (χ0v) is 9.50. The van der Waals surface area contributed by atoms with Gasteiger partial charge >= 0.3 is 0 Å². The predicted molar refractivity (Wildman–Crippen MR) is 57.1 cm³/mol. The Labute approximate surface area is 89.3 Å². The van der Waals surface area contributed by atoms with Gasteiger partial charge in [0.15, 0.2) is 0 Å². The first-order valence-electron chi connectivity index (χ1n) is 4.32. The second kappa shape index (κ2) is 9.70. The van der Waals surface area contributed by atoms with Gasteiger partial charge in [-0.1, -0.05) is 0 Å². The Bertz CT molecular complexity index is 185. The van der Waals surface area contributed by atoms with E-state index in [-0.39, 0.29) is 21.9 Å². The summed E-state index contributed by atoms with van der Waals surface area (Å²) in [5.74, 6) is 0. The predicted octanol–water partition coefficient (Wildman–Crippen LogP) is 0.143. The van der Waals surface area contributed by atoms with Crippen LogP contribution in [0.5, 0.6) is 0 Å². The number of hydrogen-bond acceptors (Lipinski definition) is 6. The molecule has 0 saturated carbocycles. The molecule has 0 bridgehead atoms. The van der Waals surface area contributed by atoms with Gasteiger partial charge in [-0.25, -0.2) is 4.78 Å². The lowest BCUT2D eigenvalue weighted by Crippen LogP contribution is -2.24. The van der Waals surface area contributed by atoms with Gasteiger partial charge in [-0.15, -0.1) is 9.81 Å². The molecule has 0 rings (SSSR count). The Balaban J connectivity index is 3.35. The molecule has 88 valence electrons. The molecule has 0 radical (unpaired) electrons. The highest BCUT2D eigenvalue weighted by molar-refractivity contribution is 7.34. The van der Waals surface area contributed by atoms with Crippen LogP contribution in [-0.2, 0) is 4.74 Å². The first kappa shape index (κ1) is 14.2. The normalized spacial score (nSPS) is 10.5. The summed E-state index contributed by atoms with van der Waals surface area (Å²) >= 11 is 0. The van der Waals surface area contributed by atoms with Crippen molar-refractivity contribution in [3.05, 3.63) is 9.81 Å². The Morgan fingerprint density at radius 2 is 2.07 bits per heavy atom. The van der Waals surface area contributed by atoms with Crippen molar-refractivity contribution in [1.82, 2.24) is 9.79 Å². The Morgan fingerprint density at radius 1 is 1.33 bits per heavy atom. The van der Waals surface area contributed by atoms with Gasteiger partial charge in [-0.2, -0.15) is 0 Å². The number of ether oxygens (including phenoxy) is 1.